The van der Waals surface area contributed by atoms with Crippen LogP contribution in [0.2, 0.25) is 0 Å². The standard InChI is InChI=1S/C9H11BrFNO2S/c10-7-2-3-8(12)9(6-7)15(13,14)5-1-4-11/h2-3,6H,1,4-5,12H2. The smallest absolute Gasteiger partial charge is 0.180 e. The summed E-state index contributed by atoms with van der Waals surface area (Å²) in [6.07, 6.45) is -0.00567. The van der Waals surface area contributed by atoms with Gasteiger partial charge in [0.1, 0.15) is 0 Å². The molecule has 6 heteroatoms. The molecule has 84 valence electrons. The van der Waals surface area contributed by atoms with E-state index < -0.39 is 16.5 Å². The molecule has 1 rings (SSSR count). The number of rotatable bonds is 4. The first kappa shape index (κ1) is 12.4. The predicted octanol–water partition coefficient (Wildman–Crippen LogP) is 2.16. The van der Waals surface area contributed by atoms with Gasteiger partial charge in [-0.2, -0.15) is 0 Å². The van der Waals surface area contributed by atoms with Gasteiger partial charge in [0.2, 0.25) is 0 Å². The van der Waals surface area contributed by atoms with Gasteiger partial charge in [-0.1, -0.05) is 15.9 Å². The van der Waals surface area contributed by atoms with Gasteiger partial charge in [-0.15, -0.1) is 0 Å². The molecule has 1 aromatic rings. The second-order valence-corrected chi connectivity index (χ2v) is 6.04. The Kier molecular flexibility index (Phi) is 4.10. The van der Waals surface area contributed by atoms with Crippen molar-refractivity contribution in [2.75, 3.05) is 18.2 Å². The predicted molar refractivity (Wildman–Crippen MR) is 61.2 cm³/mol. The maximum atomic E-state index is 11.9. The van der Waals surface area contributed by atoms with Crippen molar-refractivity contribution in [1.82, 2.24) is 0 Å². The van der Waals surface area contributed by atoms with Gasteiger partial charge in [-0.25, -0.2) is 8.42 Å². The normalized spacial score (nSPS) is 11.6. The second kappa shape index (κ2) is 4.94. The first-order chi connectivity index (χ1) is 6.97. The summed E-state index contributed by atoms with van der Waals surface area (Å²) in [5.41, 5.74) is 5.75. The molecule has 0 radical (unpaired) electrons. The zero-order chi connectivity index (χ0) is 11.5. The quantitative estimate of drug-likeness (QED) is 0.866. The lowest BCUT2D eigenvalue weighted by Crippen LogP contribution is -2.10. The molecule has 0 spiro atoms. The maximum absolute atomic E-state index is 11.9. The number of hydrogen-bond acceptors (Lipinski definition) is 3. The molecule has 0 saturated carbocycles. The fourth-order valence-electron chi connectivity index (χ4n) is 1.13. The number of benzene rings is 1. The van der Waals surface area contributed by atoms with Crippen molar-refractivity contribution in [2.24, 2.45) is 0 Å². The van der Waals surface area contributed by atoms with Crippen LogP contribution in [0.15, 0.2) is 27.6 Å². The van der Waals surface area contributed by atoms with Gasteiger partial charge in [0.15, 0.2) is 9.84 Å². The van der Waals surface area contributed by atoms with Crippen LogP contribution in [-0.4, -0.2) is 20.8 Å². The minimum absolute atomic E-state index is 0.00567. The van der Waals surface area contributed by atoms with Crippen molar-refractivity contribution in [3.63, 3.8) is 0 Å². The van der Waals surface area contributed by atoms with Crippen LogP contribution in [0.4, 0.5) is 10.1 Å². The van der Waals surface area contributed by atoms with Crippen molar-refractivity contribution in [1.29, 1.82) is 0 Å². The Morgan fingerprint density at radius 2 is 2.07 bits per heavy atom. The molecule has 0 aliphatic rings. The van der Waals surface area contributed by atoms with E-state index in [2.05, 4.69) is 15.9 Å². The van der Waals surface area contributed by atoms with Gasteiger partial charge in [0.25, 0.3) is 0 Å². The monoisotopic (exact) mass is 295 g/mol. The van der Waals surface area contributed by atoms with Gasteiger partial charge in [0, 0.05) is 4.47 Å². The Labute approximate surface area is 96.5 Å². The first-order valence-electron chi connectivity index (χ1n) is 4.31. The van der Waals surface area contributed by atoms with Gasteiger partial charge in [-0.3, -0.25) is 4.39 Å². The van der Waals surface area contributed by atoms with Gasteiger partial charge in [-0.05, 0) is 24.6 Å². The van der Waals surface area contributed by atoms with Crippen molar-refractivity contribution >= 4 is 31.5 Å². The van der Waals surface area contributed by atoms with Crippen LogP contribution >= 0.6 is 15.9 Å². The van der Waals surface area contributed by atoms with Crippen LogP contribution in [0.1, 0.15) is 6.42 Å². The molecule has 0 aliphatic heterocycles. The highest BCUT2D eigenvalue weighted by Gasteiger charge is 2.17. The largest absolute Gasteiger partial charge is 0.398 e. The zero-order valence-corrected chi connectivity index (χ0v) is 10.3. The number of sulfone groups is 1. The van der Waals surface area contributed by atoms with E-state index in [0.717, 1.165) is 0 Å². The molecular formula is C9H11BrFNO2S. The highest BCUT2D eigenvalue weighted by atomic mass is 79.9. The summed E-state index contributed by atoms with van der Waals surface area (Å²) in [5.74, 6) is -0.218. The Balaban J connectivity index is 3.09. The average molecular weight is 296 g/mol. The van der Waals surface area contributed by atoms with E-state index in [9.17, 15) is 12.8 Å². The van der Waals surface area contributed by atoms with E-state index in [1.54, 1.807) is 6.07 Å². The summed E-state index contributed by atoms with van der Waals surface area (Å²) in [4.78, 5) is 0.0605. The molecule has 0 saturated heterocycles. The molecule has 0 unspecified atom stereocenters. The third kappa shape index (κ3) is 3.17. The van der Waals surface area contributed by atoms with Crippen LogP contribution in [0.25, 0.3) is 0 Å². The molecule has 0 bridgehead atoms. The molecule has 0 aliphatic carbocycles. The summed E-state index contributed by atoms with van der Waals surface area (Å²) in [5, 5.41) is 0. The van der Waals surface area contributed by atoms with E-state index in [4.69, 9.17) is 5.73 Å². The lowest BCUT2D eigenvalue weighted by molar-refractivity contribution is 0.484. The Morgan fingerprint density at radius 1 is 1.40 bits per heavy atom. The summed E-state index contributed by atoms with van der Waals surface area (Å²) >= 11 is 3.16. The Morgan fingerprint density at radius 3 is 2.67 bits per heavy atom. The molecule has 0 fully saturated rings. The topological polar surface area (TPSA) is 60.2 Å². The van der Waals surface area contributed by atoms with E-state index in [-0.39, 0.29) is 22.8 Å². The second-order valence-electron chi connectivity index (χ2n) is 3.04. The number of halogens is 2. The minimum Gasteiger partial charge on any atom is -0.398 e. The Bertz CT molecular complexity index is 447. The van der Waals surface area contributed by atoms with E-state index in [0.29, 0.717) is 4.47 Å². The highest BCUT2D eigenvalue weighted by molar-refractivity contribution is 9.10. The van der Waals surface area contributed by atoms with Gasteiger partial charge >= 0.3 is 0 Å². The molecule has 0 amide bonds. The lowest BCUT2D eigenvalue weighted by atomic mass is 10.3. The van der Waals surface area contributed by atoms with Gasteiger partial charge < -0.3 is 5.73 Å². The molecule has 0 atom stereocenters. The van der Waals surface area contributed by atoms with Crippen molar-refractivity contribution < 1.29 is 12.8 Å². The molecule has 0 heterocycles. The van der Waals surface area contributed by atoms with Crippen LogP contribution < -0.4 is 5.73 Å². The molecule has 0 aromatic heterocycles. The summed E-state index contributed by atoms with van der Waals surface area (Å²) < 4.78 is 35.9. The van der Waals surface area contributed by atoms with Gasteiger partial charge in [0.05, 0.1) is 23.0 Å². The maximum Gasteiger partial charge on any atom is 0.180 e. The SMILES string of the molecule is Nc1ccc(Br)cc1S(=O)(=O)CCCF. The summed E-state index contributed by atoms with van der Waals surface area (Å²) in [6, 6.07) is 4.60. The van der Waals surface area contributed by atoms with Crippen LogP contribution in [0.5, 0.6) is 0 Å². The molecule has 1 aromatic carbocycles. The number of alkyl halides is 1. The third-order valence-electron chi connectivity index (χ3n) is 1.86. The minimum atomic E-state index is -3.47. The molecule has 2 N–H and O–H groups in total. The van der Waals surface area contributed by atoms with E-state index in [1.165, 1.54) is 12.1 Å². The molecule has 15 heavy (non-hydrogen) atoms. The summed E-state index contributed by atoms with van der Waals surface area (Å²) in [6.45, 7) is -0.646. The molecular weight excluding hydrogens is 285 g/mol. The van der Waals surface area contributed by atoms with E-state index >= 15 is 0 Å². The Hall–Kier alpha value is -0.620. The fraction of sp³-hybridized carbons (Fsp3) is 0.333. The number of nitrogens with two attached hydrogens (primary N) is 1. The van der Waals surface area contributed by atoms with Crippen molar-refractivity contribution in [3.8, 4) is 0 Å². The van der Waals surface area contributed by atoms with E-state index in [1.807, 2.05) is 0 Å². The van der Waals surface area contributed by atoms with Crippen molar-refractivity contribution in [3.05, 3.63) is 22.7 Å². The van der Waals surface area contributed by atoms with Crippen LogP contribution in [0, 0.1) is 0 Å². The molecule has 3 nitrogen and oxygen atoms in total. The van der Waals surface area contributed by atoms with Crippen LogP contribution in [0.3, 0.4) is 0 Å². The highest BCUT2D eigenvalue weighted by Crippen LogP contribution is 2.24. The number of nitrogen functional groups attached to an aromatic ring is 1. The van der Waals surface area contributed by atoms with Crippen LogP contribution in [-0.2, 0) is 9.84 Å². The number of anilines is 1. The number of hydrogen-bond donors (Lipinski definition) is 1. The fourth-order valence-corrected chi connectivity index (χ4v) is 3.09. The zero-order valence-electron chi connectivity index (χ0n) is 7.91. The summed E-state index contributed by atoms with van der Waals surface area (Å²) in [7, 11) is -3.47. The first-order valence-corrected chi connectivity index (χ1v) is 6.75. The lowest BCUT2D eigenvalue weighted by Gasteiger charge is -2.06. The average Bonchev–Trinajstić information content (AvgIpc) is 2.18. The van der Waals surface area contributed by atoms with Crippen molar-refractivity contribution in [2.45, 2.75) is 11.3 Å². The third-order valence-corrected chi connectivity index (χ3v) is 4.20.